The maximum atomic E-state index is 5.37. The van der Waals surface area contributed by atoms with Crippen molar-refractivity contribution in [3.63, 3.8) is 0 Å². The Balaban J connectivity index is 1.64. The van der Waals surface area contributed by atoms with Gasteiger partial charge in [0.05, 0.1) is 13.7 Å². The summed E-state index contributed by atoms with van der Waals surface area (Å²) in [6.07, 6.45) is 0. The van der Waals surface area contributed by atoms with Crippen LogP contribution in [0.25, 0.3) is 0 Å². The highest BCUT2D eigenvalue weighted by Gasteiger charge is 2.07. The zero-order chi connectivity index (χ0) is 17.6. The molecule has 3 rings (SSSR count). The van der Waals surface area contributed by atoms with Crippen LogP contribution in [0.3, 0.4) is 0 Å². The van der Waals surface area contributed by atoms with Crippen molar-refractivity contribution in [3.05, 3.63) is 71.9 Å². The number of hydrogen-bond acceptors (Lipinski definition) is 3. The molecule has 0 unspecified atom stereocenters. The Morgan fingerprint density at radius 2 is 1.88 bits per heavy atom. The first-order valence-corrected chi connectivity index (χ1v) is 8.35. The van der Waals surface area contributed by atoms with Crippen molar-refractivity contribution in [3.8, 4) is 5.75 Å². The van der Waals surface area contributed by atoms with Crippen molar-refractivity contribution in [1.29, 1.82) is 0 Å². The monoisotopic (exact) mass is 352 g/mol. The summed E-state index contributed by atoms with van der Waals surface area (Å²) in [5.41, 5.74) is 3.13. The lowest BCUT2D eigenvalue weighted by molar-refractivity contribution is 0.415. The van der Waals surface area contributed by atoms with Crippen LogP contribution in [-0.4, -0.2) is 22.0 Å². The summed E-state index contributed by atoms with van der Waals surface area (Å²) in [5, 5.41) is 11.3. The fourth-order valence-electron chi connectivity index (χ4n) is 2.47. The van der Waals surface area contributed by atoms with Crippen molar-refractivity contribution < 1.29 is 4.74 Å². The molecule has 1 aromatic heterocycles. The van der Waals surface area contributed by atoms with Crippen LogP contribution in [0, 0.1) is 6.92 Å². The van der Waals surface area contributed by atoms with E-state index in [9.17, 15) is 0 Å². The molecule has 0 saturated heterocycles. The van der Waals surface area contributed by atoms with Crippen LogP contribution in [0.2, 0.25) is 0 Å². The summed E-state index contributed by atoms with van der Waals surface area (Å²) in [5.74, 6) is 1.49. The maximum absolute atomic E-state index is 5.37. The molecular formula is C19H20N4OS. The lowest BCUT2D eigenvalue weighted by atomic mass is 10.2. The minimum atomic E-state index is 0.484. The number of thiocarbonyl (C=S) groups is 1. The Labute approximate surface area is 152 Å². The molecule has 1 heterocycles. The summed E-state index contributed by atoms with van der Waals surface area (Å²) in [7, 11) is 1.64. The molecule has 0 bridgehead atoms. The SMILES string of the molecule is COc1cccc(NC(=S)Nc2cc(C)n(Cc3ccccc3)n2)c1. The zero-order valence-electron chi connectivity index (χ0n) is 14.2. The van der Waals surface area contributed by atoms with Crippen molar-refractivity contribution in [2.75, 3.05) is 17.7 Å². The molecule has 0 fully saturated rings. The number of rotatable bonds is 5. The first-order valence-electron chi connectivity index (χ1n) is 7.94. The van der Waals surface area contributed by atoms with Gasteiger partial charge in [-0.1, -0.05) is 36.4 Å². The van der Waals surface area contributed by atoms with Crippen LogP contribution < -0.4 is 15.4 Å². The summed E-state index contributed by atoms with van der Waals surface area (Å²) >= 11 is 5.37. The van der Waals surface area contributed by atoms with E-state index in [2.05, 4.69) is 27.9 Å². The minimum absolute atomic E-state index is 0.484. The van der Waals surface area contributed by atoms with E-state index in [4.69, 9.17) is 17.0 Å². The molecule has 0 spiro atoms. The van der Waals surface area contributed by atoms with Gasteiger partial charge >= 0.3 is 0 Å². The maximum Gasteiger partial charge on any atom is 0.176 e. The fourth-order valence-corrected chi connectivity index (χ4v) is 2.69. The van der Waals surface area contributed by atoms with E-state index in [0.717, 1.165) is 23.7 Å². The lowest BCUT2D eigenvalue weighted by Gasteiger charge is -2.09. The molecule has 2 aromatic carbocycles. The first-order chi connectivity index (χ1) is 12.1. The van der Waals surface area contributed by atoms with E-state index in [1.54, 1.807) is 7.11 Å². The number of aryl methyl sites for hydroxylation is 1. The third kappa shape index (κ3) is 4.58. The van der Waals surface area contributed by atoms with E-state index in [1.807, 2.05) is 60.1 Å². The van der Waals surface area contributed by atoms with Gasteiger partial charge in [0.2, 0.25) is 0 Å². The predicted octanol–water partition coefficient (Wildman–Crippen LogP) is 4.06. The highest BCUT2D eigenvalue weighted by molar-refractivity contribution is 7.80. The number of nitrogens with one attached hydrogen (secondary N) is 2. The Morgan fingerprint density at radius 3 is 2.64 bits per heavy atom. The van der Waals surface area contributed by atoms with Gasteiger partial charge in [-0.05, 0) is 36.8 Å². The predicted molar refractivity (Wildman–Crippen MR) is 105 cm³/mol. The summed E-state index contributed by atoms with van der Waals surface area (Å²) in [6.45, 7) is 2.75. The number of methoxy groups -OCH3 is 1. The highest BCUT2D eigenvalue weighted by atomic mass is 32.1. The van der Waals surface area contributed by atoms with Gasteiger partial charge in [-0.15, -0.1) is 0 Å². The molecule has 0 aliphatic heterocycles. The summed E-state index contributed by atoms with van der Waals surface area (Å²) < 4.78 is 7.16. The molecule has 3 aromatic rings. The Kier molecular flexibility index (Phi) is 5.30. The average molecular weight is 352 g/mol. The van der Waals surface area contributed by atoms with E-state index < -0.39 is 0 Å². The second-order valence-electron chi connectivity index (χ2n) is 5.63. The molecule has 0 aliphatic rings. The lowest BCUT2D eigenvalue weighted by Crippen LogP contribution is -2.19. The quantitative estimate of drug-likeness (QED) is 0.678. The van der Waals surface area contributed by atoms with Crippen LogP contribution >= 0.6 is 12.2 Å². The molecule has 0 saturated carbocycles. The Bertz CT molecular complexity index is 861. The van der Waals surface area contributed by atoms with Crippen LogP contribution in [0.5, 0.6) is 5.75 Å². The molecule has 2 N–H and O–H groups in total. The fraction of sp³-hybridized carbons (Fsp3) is 0.158. The molecule has 0 radical (unpaired) electrons. The van der Waals surface area contributed by atoms with E-state index in [-0.39, 0.29) is 0 Å². The van der Waals surface area contributed by atoms with Crippen molar-refractivity contribution in [2.24, 2.45) is 0 Å². The molecule has 25 heavy (non-hydrogen) atoms. The van der Waals surface area contributed by atoms with E-state index in [0.29, 0.717) is 10.9 Å². The Morgan fingerprint density at radius 1 is 1.08 bits per heavy atom. The standard InChI is InChI=1S/C19H20N4OS/c1-14-11-18(22-23(14)13-15-7-4-3-5-8-15)21-19(25)20-16-9-6-10-17(12-16)24-2/h3-12H,13H2,1-2H3,(H2,20,21,22,25). The Hall–Kier alpha value is -2.86. The normalized spacial score (nSPS) is 10.3. The molecule has 0 atom stereocenters. The van der Waals surface area contributed by atoms with Crippen LogP contribution in [0.15, 0.2) is 60.7 Å². The molecule has 128 valence electrons. The van der Waals surface area contributed by atoms with Crippen molar-refractivity contribution in [2.45, 2.75) is 13.5 Å². The number of benzene rings is 2. The van der Waals surface area contributed by atoms with Gasteiger partial charge in [0.1, 0.15) is 5.75 Å². The zero-order valence-corrected chi connectivity index (χ0v) is 15.0. The highest BCUT2D eigenvalue weighted by Crippen LogP contribution is 2.17. The number of aromatic nitrogens is 2. The third-order valence-electron chi connectivity index (χ3n) is 3.73. The van der Waals surface area contributed by atoms with Crippen molar-refractivity contribution in [1.82, 2.24) is 9.78 Å². The van der Waals surface area contributed by atoms with Gasteiger partial charge < -0.3 is 15.4 Å². The molecule has 5 nitrogen and oxygen atoms in total. The van der Waals surface area contributed by atoms with Gasteiger partial charge in [-0.3, -0.25) is 4.68 Å². The van der Waals surface area contributed by atoms with Gasteiger partial charge in [0, 0.05) is 23.5 Å². The van der Waals surface area contributed by atoms with Gasteiger partial charge in [0.25, 0.3) is 0 Å². The van der Waals surface area contributed by atoms with Gasteiger partial charge in [-0.2, -0.15) is 5.10 Å². The number of ether oxygens (including phenoxy) is 1. The van der Waals surface area contributed by atoms with Gasteiger partial charge in [-0.25, -0.2) is 0 Å². The number of anilines is 2. The van der Waals surface area contributed by atoms with Crippen LogP contribution in [-0.2, 0) is 6.54 Å². The van der Waals surface area contributed by atoms with Crippen molar-refractivity contribution >= 4 is 28.8 Å². The summed E-state index contributed by atoms with van der Waals surface area (Å²) in [4.78, 5) is 0. The van der Waals surface area contributed by atoms with E-state index in [1.165, 1.54) is 5.56 Å². The average Bonchev–Trinajstić information content (AvgIpc) is 2.94. The molecule has 0 amide bonds. The second kappa shape index (κ2) is 7.81. The largest absolute Gasteiger partial charge is 0.497 e. The molecular weight excluding hydrogens is 332 g/mol. The van der Waals surface area contributed by atoms with Crippen LogP contribution in [0.1, 0.15) is 11.3 Å². The first kappa shape index (κ1) is 17.0. The third-order valence-corrected chi connectivity index (χ3v) is 3.93. The minimum Gasteiger partial charge on any atom is -0.497 e. The smallest absolute Gasteiger partial charge is 0.176 e. The summed E-state index contributed by atoms with van der Waals surface area (Å²) in [6, 6.07) is 19.8. The number of nitrogens with zero attached hydrogens (tertiary/aromatic N) is 2. The molecule has 0 aliphatic carbocycles. The van der Waals surface area contributed by atoms with E-state index >= 15 is 0 Å². The topological polar surface area (TPSA) is 51.1 Å². The van der Waals surface area contributed by atoms with Gasteiger partial charge in [0.15, 0.2) is 10.9 Å². The molecule has 6 heteroatoms. The second-order valence-corrected chi connectivity index (χ2v) is 6.03. The van der Waals surface area contributed by atoms with Crippen LogP contribution in [0.4, 0.5) is 11.5 Å². The number of hydrogen-bond donors (Lipinski definition) is 2.